The molecule has 0 spiro atoms. The van der Waals surface area contributed by atoms with E-state index in [1.165, 1.54) is 6.20 Å². The fourth-order valence-electron chi connectivity index (χ4n) is 1.89. The molecule has 27 heavy (non-hydrogen) atoms. The maximum atomic E-state index is 12.0. The molecule has 0 fully saturated rings. The van der Waals surface area contributed by atoms with Crippen molar-refractivity contribution >= 4 is 27.7 Å². The largest absolute Gasteiger partial charge is 0.481 e. The molecule has 1 heterocycles. The van der Waals surface area contributed by atoms with Gasteiger partial charge < -0.3 is 30.5 Å². The Morgan fingerprint density at radius 1 is 1.19 bits per heavy atom. The zero-order valence-electron chi connectivity index (χ0n) is 15.4. The summed E-state index contributed by atoms with van der Waals surface area (Å²) in [6.45, 7) is 1.08. The first-order valence-electron chi connectivity index (χ1n) is 7.56. The number of hydrogen-bond donors (Lipinski definition) is 5. The Morgan fingerprint density at radius 3 is 2.04 bits per heavy atom. The average molecular weight is 409 g/mol. The highest BCUT2D eigenvalue weighted by molar-refractivity contribution is 7.91. The summed E-state index contributed by atoms with van der Waals surface area (Å²) < 4.78 is 24.2. The summed E-state index contributed by atoms with van der Waals surface area (Å²) >= 11 is 0. The lowest BCUT2D eigenvalue weighted by molar-refractivity contribution is -0.887. The van der Waals surface area contributed by atoms with E-state index in [2.05, 4.69) is 9.97 Å². The standard InChI is InChI=1S/C12H20N4O6S.C2H4O2/c1-16(2,3)9(11(19)20)4-7-5-14-12(15-7)23(21,22)6-8(13)10(17)18;1-2(3)4/h5,8-9H,4,6,13H2,1-3H3,(H2-,14,15,17,18,19,20);1H3,(H,3,4)/p+1/t8-,9-;/m0./s1. The number of rotatable bonds is 8. The van der Waals surface area contributed by atoms with E-state index in [9.17, 15) is 23.1 Å². The second-order valence-electron chi connectivity index (χ2n) is 6.63. The van der Waals surface area contributed by atoms with Crippen LogP contribution in [0.4, 0.5) is 0 Å². The van der Waals surface area contributed by atoms with Gasteiger partial charge in [-0.3, -0.25) is 9.59 Å². The SMILES string of the molecule is CC(=O)O.C[N+](C)(C)[C@@H](Cc1cnc(S(=O)(=O)C[C@H](N)C(=O)O)[nH]1)C(=O)O. The molecule has 1 rings (SSSR count). The van der Waals surface area contributed by atoms with Crippen LogP contribution in [0.3, 0.4) is 0 Å². The number of aromatic amines is 1. The maximum Gasteiger partial charge on any atom is 0.362 e. The smallest absolute Gasteiger partial charge is 0.362 e. The third kappa shape index (κ3) is 8.61. The molecule has 0 aliphatic rings. The number of carbonyl (C=O) groups is 3. The molecular weight excluding hydrogens is 384 g/mol. The summed E-state index contributed by atoms with van der Waals surface area (Å²) in [4.78, 5) is 37.2. The van der Waals surface area contributed by atoms with Crippen molar-refractivity contribution in [2.75, 3.05) is 26.9 Å². The van der Waals surface area contributed by atoms with Gasteiger partial charge in [-0.2, -0.15) is 0 Å². The molecule has 0 bridgehead atoms. The van der Waals surface area contributed by atoms with Crippen LogP contribution in [0.25, 0.3) is 0 Å². The van der Waals surface area contributed by atoms with E-state index in [1.807, 2.05) is 0 Å². The maximum absolute atomic E-state index is 12.0. The Kier molecular flexibility index (Phi) is 8.56. The zero-order valence-corrected chi connectivity index (χ0v) is 16.2. The number of likely N-dealkylation sites (N-methyl/N-ethyl adjacent to an activating group) is 1. The Hall–Kier alpha value is -2.51. The van der Waals surface area contributed by atoms with Crippen molar-refractivity contribution in [2.24, 2.45) is 5.73 Å². The number of quaternary nitrogens is 1. The van der Waals surface area contributed by atoms with E-state index in [0.717, 1.165) is 6.92 Å². The van der Waals surface area contributed by atoms with Crippen LogP contribution in [0.1, 0.15) is 12.6 Å². The van der Waals surface area contributed by atoms with Crippen molar-refractivity contribution in [2.45, 2.75) is 30.6 Å². The molecule has 0 aliphatic carbocycles. The van der Waals surface area contributed by atoms with E-state index in [1.54, 1.807) is 21.1 Å². The highest BCUT2D eigenvalue weighted by Gasteiger charge is 2.33. The molecule has 154 valence electrons. The van der Waals surface area contributed by atoms with Gasteiger partial charge in [0.15, 0.2) is 6.04 Å². The van der Waals surface area contributed by atoms with E-state index in [0.29, 0.717) is 5.69 Å². The van der Waals surface area contributed by atoms with Crippen molar-refractivity contribution in [3.05, 3.63) is 11.9 Å². The summed E-state index contributed by atoms with van der Waals surface area (Å²) in [7, 11) is 1.12. The number of aliphatic carboxylic acids is 3. The first-order valence-corrected chi connectivity index (χ1v) is 9.21. The van der Waals surface area contributed by atoms with E-state index < -0.39 is 50.7 Å². The van der Waals surface area contributed by atoms with Crippen LogP contribution < -0.4 is 5.73 Å². The minimum Gasteiger partial charge on any atom is -0.481 e. The summed E-state index contributed by atoms with van der Waals surface area (Å²) in [5, 5.41) is 24.9. The number of nitrogens with zero attached hydrogens (tertiary/aromatic N) is 2. The molecule has 0 radical (unpaired) electrons. The topological polar surface area (TPSA) is 201 Å². The van der Waals surface area contributed by atoms with Gasteiger partial charge in [0.05, 0.1) is 33.3 Å². The molecule has 0 aliphatic heterocycles. The van der Waals surface area contributed by atoms with Gasteiger partial charge in [-0.15, -0.1) is 0 Å². The van der Waals surface area contributed by atoms with Gasteiger partial charge in [0, 0.05) is 18.8 Å². The van der Waals surface area contributed by atoms with Crippen LogP contribution in [0.2, 0.25) is 0 Å². The summed E-state index contributed by atoms with van der Waals surface area (Å²) in [5.74, 6) is -4.09. The number of carboxylic acids is 3. The minimum absolute atomic E-state index is 0.0480. The number of hydrogen-bond acceptors (Lipinski definition) is 7. The van der Waals surface area contributed by atoms with Crippen LogP contribution in [-0.2, 0) is 30.6 Å². The molecule has 0 aromatic carbocycles. The molecule has 1 aromatic rings. The molecule has 0 saturated heterocycles. The van der Waals surface area contributed by atoms with Gasteiger partial charge in [0.1, 0.15) is 6.04 Å². The first-order chi connectivity index (χ1) is 12.1. The van der Waals surface area contributed by atoms with Crippen LogP contribution in [0, 0.1) is 0 Å². The molecule has 0 saturated carbocycles. The van der Waals surface area contributed by atoms with Gasteiger partial charge in [0.25, 0.3) is 5.97 Å². The Bertz CT molecular complexity index is 777. The predicted molar refractivity (Wildman–Crippen MR) is 92.7 cm³/mol. The zero-order chi connectivity index (χ0) is 21.6. The lowest BCUT2D eigenvalue weighted by atomic mass is 10.1. The Morgan fingerprint density at radius 2 is 1.67 bits per heavy atom. The van der Waals surface area contributed by atoms with Gasteiger partial charge >= 0.3 is 11.9 Å². The van der Waals surface area contributed by atoms with Crippen molar-refractivity contribution < 1.29 is 42.6 Å². The van der Waals surface area contributed by atoms with Gasteiger partial charge in [-0.05, 0) is 0 Å². The number of aromatic nitrogens is 2. The average Bonchev–Trinajstić information content (AvgIpc) is 2.91. The predicted octanol–water partition coefficient (Wildman–Crippen LogP) is -1.61. The number of imidazole rings is 1. The van der Waals surface area contributed by atoms with Gasteiger partial charge in [-0.1, -0.05) is 0 Å². The van der Waals surface area contributed by atoms with Gasteiger partial charge in [0.2, 0.25) is 15.0 Å². The Balaban J connectivity index is 0.00000153. The summed E-state index contributed by atoms with van der Waals surface area (Å²) in [6.07, 6.45) is 1.27. The highest BCUT2D eigenvalue weighted by Crippen LogP contribution is 2.13. The molecule has 13 heteroatoms. The van der Waals surface area contributed by atoms with E-state index in [-0.39, 0.29) is 10.9 Å². The second kappa shape index (κ2) is 9.43. The van der Waals surface area contributed by atoms with E-state index in [4.69, 9.17) is 20.7 Å². The fourth-order valence-corrected chi connectivity index (χ4v) is 3.16. The third-order valence-electron chi connectivity index (χ3n) is 3.25. The van der Waals surface area contributed by atoms with Crippen molar-refractivity contribution in [1.29, 1.82) is 0 Å². The second-order valence-corrected chi connectivity index (χ2v) is 8.58. The number of H-pyrrole nitrogens is 1. The first kappa shape index (κ1) is 24.5. The van der Waals surface area contributed by atoms with Crippen molar-refractivity contribution in [1.82, 2.24) is 9.97 Å². The number of nitrogens with two attached hydrogens (primary N) is 1. The normalized spacial score (nSPS) is 13.8. The van der Waals surface area contributed by atoms with Crippen molar-refractivity contribution in [3.8, 4) is 0 Å². The molecule has 1 aromatic heterocycles. The highest BCUT2D eigenvalue weighted by atomic mass is 32.2. The monoisotopic (exact) mass is 409 g/mol. The summed E-state index contributed by atoms with van der Waals surface area (Å²) in [6, 6.07) is -2.36. The van der Waals surface area contributed by atoms with Crippen LogP contribution in [0.5, 0.6) is 0 Å². The molecule has 2 atom stereocenters. The quantitative estimate of drug-likeness (QED) is 0.311. The third-order valence-corrected chi connectivity index (χ3v) is 4.84. The van der Waals surface area contributed by atoms with E-state index >= 15 is 0 Å². The van der Waals surface area contributed by atoms with Gasteiger partial charge in [-0.25, -0.2) is 18.2 Å². The number of carboxylic acid groups (broad SMARTS) is 3. The van der Waals surface area contributed by atoms with Crippen molar-refractivity contribution in [3.63, 3.8) is 0 Å². The Labute approximate surface area is 156 Å². The molecule has 12 nitrogen and oxygen atoms in total. The minimum atomic E-state index is -4.00. The van der Waals surface area contributed by atoms with Crippen LogP contribution in [-0.4, -0.2) is 95.1 Å². The number of nitrogens with one attached hydrogen (secondary N) is 1. The summed E-state index contributed by atoms with van der Waals surface area (Å²) in [5.41, 5.74) is 5.55. The van der Waals surface area contributed by atoms with Crippen LogP contribution >= 0.6 is 0 Å². The van der Waals surface area contributed by atoms with Crippen LogP contribution in [0.15, 0.2) is 11.4 Å². The number of sulfone groups is 1. The lowest BCUT2D eigenvalue weighted by Gasteiger charge is -2.30. The molecule has 0 unspecified atom stereocenters. The molecular formula is C14H25N4O8S+. The molecule has 6 N–H and O–H groups in total. The molecule has 0 amide bonds. The lowest BCUT2D eigenvalue weighted by Crippen LogP contribution is -2.51. The fraction of sp³-hybridized carbons (Fsp3) is 0.571.